The molecule has 114 valence electrons. The van der Waals surface area contributed by atoms with Crippen LogP contribution in [0, 0.1) is 17.6 Å². The largest absolute Gasteiger partial charge is 0.386 e. The Morgan fingerprint density at radius 1 is 1.43 bits per heavy atom. The highest BCUT2D eigenvalue weighted by Gasteiger charge is 2.30. The Hall–Kier alpha value is -2.02. The van der Waals surface area contributed by atoms with Gasteiger partial charge in [0, 0.05) is 13.0 Å². The standard InChI is InChI=1S/C14H16F2N2O3/c1-7(18-14(21)9-5-12(19)17-6-9)13(20)8-2-3-10(15)11(16)4-8/h2-4,7,9,13,20H,5-6H2,1H3,(H,17,19)(H,18,21). The summed E-state index contributed by atoms with van der Waals surface area (Å²) in [6, 6.07) is 2.37. The monoisotopic (exact) mass is 298 g/mol. The van der Waals surface area contributed by atoms with Gasteiger partial charge in [0.05, 0.1) is 18.1 Å². The van der Waals surface area contributed by atoms with Crippen LogP contribution in [0.4, 0.5) is 8.78 Å². The number of aliphatic hydroxyl groups excluding tert-OH is 1. The van der Waals surface area contributed by atoms with Gasteiger partial charge >= 0.3 is 0 Å². The SMILES string of the molecule is CC(NC(=O)C1CNC(=O)C1)C(O)c1ccc(F)c(F)c1. The molecule has 2 rings (SSSR count). The van der Waals surface area contributed by atoms with E-state index >= 15 is 0 Å². The molecule has 1 aliphatic heterocycles. The predicted octanol–water partition coefficient (Wildman–Crippen LogP) is 0.639. The third-order valence-corrected chi connectivity index (χ3v) is 3.48. The number of hydrogen-bond acceptors (Lipinski definition) is 3. The quantitative estimate of drug-likeness (QED) is 0.763. The van der Waals surface area contributed by atoms with Gasteiger partial charge in [-0.2, -0.15) is 0 Å². The minimum absolute atomic E-state index is 0.111. The zero-order valence-electron chi connectivity index (χ0n) is 11.4. The van der Waals surface area contributed by atoms with Gasteiger partial charge in [0.2, 0.25) is 11.8 Å². The van der Waals surface area contributed by atoms with Crippen molar-refractivity contribution in [2.24, 2.45) is 5.92 Å². The van der Waals surface area contributed by atoms with Crippen LogP contribution in [0.1, 0.15) is 25.0 Å². The van der Waals surface area contributed by atoms with Gasteiger partial charge in [-0.3, -0.25) is 9.59 Å². The summed E-state index contributed by atoms with van der Waals surface area (Å²) < 4.78 is 26.0. The summed E-state index contributed by atoms with van der Waals surface area (Å²) in [5, 5.41) is 15.2. The van der Waals surface area contributed by atoms with Crippen molar-refractivity contribution in [2.75, 3.05) is 6.54 Å². The van der Waals surface area contributed by atoms with E-state index in [-0.39, 0.29) is 30.3 Å². The average Bonchev–Trinajstić information content (AvgIpc) is 2.87. The van der Waals surface area contributed by atoms with E-state index in [0.717, 1.165) is 12.1 Å². The average molecular weight is 298 g/mol. The van der Waals surface area contributed by atoms with Crippen molar-refractivity contribution in [3.8, 4) is 0 Å². The number of benzene rings is 1. The number of halogens is 2. The van der Waals surface area contributed by atoms with Gasteiger partial charge in [0.25, 0.3) is 0 Å². The lowest BCUT2D eigenvalue weighted by atomic mass is 10.0. The summed E-state index contributed by atoms with van der Waals surface area (Å²) in [5.74, 6) is -3.09. The Morgan fingerprint density at radius 2 is 2.14 bits per heavy atom. The van der Waals surface area contributed by atoms with E-state index < -0.39 is 29.7 Å². The highest BCUT2D eigenvalue weighted by molar-refractivity contribution is 5.89. The molecule has 3 atom stereocenters. The Bertz CT molecular complexity index is 565. The van der Waals surface area contributed by atoms with Gasteiger partial charge < -0.3 is 15.7 Å². The molecule has 0 bridgehead atoms. The first kappa shape index (κ1) is 15.4. The number of amides is 2. The first-order valence-corrected chi connectivity index (χ1v) is 6.58. The van der Waals surface area contributed by atoms with E-state index in [2.05, 4.69) is 10.6 Å². The molecule has 3 N–H and O–H groups in total. The second-order valence-corrected chi connectivity index (χ2v) is 5.12. The van der Waals surface area contributed by atoms with Crippen molar-refractivity contribution in [3.63, 3.8) is 0 Å². The molecular formula is C14H16F2N2O3. The van der Waals surface area contributed by atoms with Crippen molar-refractivity contribution in [1.29, 1.82) is 0 Å². The minimum atomic E-state index is -1.17. The molecule has 1 heterocycles. The highest BCUT2D eigenvalue weighted by Crippen LogP contribution is 2.20. The molecule has 2 amide bonds. The van der Waals surface area contributed by atoms with Crippen LogP contribution in [0.3, 0.4) is 0 Å². The van der Waals surface area contributed by atoms with E-state index in [1.165, 1.54) is 6.07 Å². The van der Waals surface area contributed by atoms with Gasteiger partial charge in [-0.15, -0.1) is 0 Å². The van der Waals surface area contributed by atoms with Crippen molar-refractivity contribution in [1.82, 2.24) is 10.6 Å². The van der Waals surface area contributed by atoms with Crippen LogP contribution >= 0.6 is 0 Å². The summed E-state index contributed by atoms with van der Waals surface area (Å²) >= 11 is 0. The number of aliphatic hydroxyl groups is 1. The molecule has 1 aliphatic rings. The fraction of sp³-hybridized carbons (Fsp3) is 0.429. The van der Waals surface area contributed by atoms with Crippen LogP contribution in [0.15, 0.2) is 18.2 Å². The number of carbonyl (C=O) groups excluding carboxylic acids is 2. The molecule has 0 radical (unpaired) electrons. The second kappa shape index (κ2) is 6.17. The van der Waals surface area contributed by atoms with Crippen molar-refractivity contribution in [2.45, 2.75) is 25.5 Å². The predicted molar refractivity (Wildman–Crippen MR) is 70.0 cm³/mol. The van der Waals surface area contributed by atoms with Gasteiger partial charge in [-0.25, -0.2) is 8.78 Å². The third kappa shape index (κ3) is 3.55. The maximum Gasteiger partial charge on any atom is 0.225 e. The lowest BCUT2D eigenvalue weighted by Gasteiger charge is -2.22. The molecule has 0 spiro atoms. The van der Waals surface area contributed by atoms with E-state index in [4.69, 9.17) is 0 Å². The molecule has 1 saturated heterocycles. The molecule has 1 fully saturated rings. The Morgan fingerprint density at radius 3 is 2.71 bits per heavy atom. The summed E-state index contributed by atoms with van der Waals surface area (Å²) in [6.07, 6.45) is -1.06. The van der Waals surface area contributed by atoms with E-state index in [0.29, 0.717) is 0 Å². The van der Waals surface area contributed by atoms with Gasteiger partial charge in [0.1, 0.15) is 0 Å². The lowest BCUT2D eigenvalue weighted by Crippen LogP contribution is -2.41. The molecular weight excluding hydrogens is 282 g/mol. The highest BCUT2D eigenvalue weighted by atomic mass is 19.2. The molecule has 0 aliphatic carbocycles. The second-order valence-electron chi connectivity index (χ2n) is 5.12. The summed E-state index contributed by atoms with van der Waals surface area (Å²) in [5.41, 5.74) is 0.169. The zero-order valence-corrected chi connectivity index (χ0v) is 11.4. The van der Waals surface area contributed by atoms with Crippen molar-refractivity contribution in [3.05, 3.63) is 35.4 Å². The summed E-state index contributed by atoms with van der Waals surface area (Å²) in [7, 11) is 0. The van der Waals surface area contributed by atoms with Crippen LogP contribution in [0.2, 0.25) is 0 Å². The van der Waals surface area contributed by atoms with Crippen LogP contribution in [0.5, 0.6) is 0 Å². The first-order chi connectivity index (χ1) is 9.88. The number of hydrogen-bond donors (Lipinski definition) is 3. The van der Waals surface area contributed by atoms with E-state index in [9.17, 15) is 23.5 Å². The van der Waals surface area contributed by atoms with Crippen LogP contribution in [0.25, 0.3) is 0 Å². The van der Waals surface area contributed by atoms with E-state index in [1.807, 2.05) is 0 Å². The molecule has 21 heavy (non-hydrogen) atoms. The zero-order chi connectivity index (χ0) is 15.6. The Balaban J connectivity index is 1.98. The molecule has 0 saturated carbocycles. The molecule has 0 aromatic heterocycles. The van der Waals surface area contributed by atoms with Crippen LogP contribution in [-0.2, 0) is 9.59 Å². The third-order valence-electron chi connectivity index (χ3n) is 3.48. The number of rotatable bonds is 4. The van der Waals surface area contributed by atoms with Gasteiger partial charge in [-0.1, -0.05) is 6.07 Å². The number of nitrogens with one attached hydrogen (secondary N) is 2. The van der Waals surface area contributed by atoms with Crippen LogP contribution in [-0.4, -0.2) is 29.5 Å². The van der Waals surface area contributed by atoms with E-state index in [1.54, 1.807) is 6.92 Å². The fourth-order valence-electron chi connectivity index (χ4n) is 2.20. The maximum atomic E-state index is 13.1. The van der Waals surface area contributed by atoms with Crippen molar-refractivity contribution < 1.29 is 23.5 Å². The number of carbonyl (C=O) groups is 2. The summed E-state index contributed by atoms with van der Waals surface area (Å²) in [6.45, 7) is 1.81. The normalized spacial score (nSPS) is 20.8. The lowest BCUT2D eigenvalue weighted by molar-refractivity contribution is -0.127. The van der Waals surface area contributed by atoms with Gasteiger partial charge in [-0.05, 0) is 24.6 Å². The molecule has 1 aromatic carbocycles. The molecule has 7 heteroatoms. The van der Waals surface area contributed by atoms with Gasteiger partial charge in [0.15, 0.2) is 11.6 Å². The first-order valence-electron chi connectivity index (χ1n) is 6.58. The topological polar surface area (TPSA) is 78.4 Å². The Labute approximate surface area is 120 Å². The smallest absolute Gasteiger partial charge is 0.225 e. The maximum absolute atomic E-state index is 13.1. The minimum Gasteiger partial charge on any atom is -0.386 e. The molecule has 1 aromatic rings. The van der Waals surface area contributed by atoms with Crippen molar-refractivity contribution >= 4 is 11.8 Å². The molecule has 5 nitrogen and oxygen atoms in total. The Kier molecular flexibility index (Phi) is 4.52. The summed E-state index contributed by atoms with van der Waals surface area (Å²) in [4.78, 5) is 23.0. The fourth-order valence-corrected chi connectivity index (χ4v) is 2.20. The molecule has 3 unspecified atom stereocenters. The van der Waals surface area contributed by atoms with Crippen LogP contribution < -0.4 is 10.6 Å².